The molecule has 0 aromatic carbocycles. The zero-order valence-corrected chi connectivity index (χ0v) is 9.78. The molecule has 0 amide bonds. The Bertz CT molecular complexity index is 113. The van der Waals surface area contributed by atoms with Gasteiger partial charge in [0.05, 0.1) is 13.2 Å². The van der Waals surface area contributed by atoms with E-state index in [1.165, 1.54) is 25.7 Å². The van der Waals surface area contributed by atoms with Crippen molar-refractivity contribution in [3.05, 3.63) is 0 Å². The molecule has 0 heterocycles. The highest BCUT2D eigenvalue weighted by molar-refractivity contribution is 7.19. The van der Waals surface area contributed by atoms with Gasteiger partial charge in [0.15, 0.2) is 0 Å². The first kappa shape index (κ1) is 13.4. The van der Waals surface area contributed by atoms with Gasteiger partial charge in [-0.05, 0) is 6.42 Å². The highest BCUT2D eigenvalue weighted by atomic mass is 31.0. The van der Waals surface area contributed by atoms with Crippen molar-refractivity contribution in [2.24, 2.45) is 0 Å². The summed E-state index contributed by atoms with van der Waals surface area (Å²) in [7, 11) is 2.57. The lowest BCUT2D eigenvalue weighted by Crippen LogP contribution is -2.30. The second-order valence-corrected chi connectivity index (χ2v) is 5.07. The molecule has 0 aliphatic carbocycles. The van der Waals surface area contributed by atoms with Crippen LogP contribution in [0.3, 0.4) is 0 Å². The van der Waals surface area contributed by atoms with Crippen LogP contribution < -0.4 is 0 Å². The molecule has 1 unspecified atom stereocenters. The minimum absolute atomic E-state index is 0.0575. The molecule has 2 nitrogen and oxygen atoms in total. The summed E-state index contributed by atoms with van der Waals surface area (Å²) in [6.45, 7) is 2.31. The first-order valence-electron chi connectivity index (χ1n) is 5.19. The van der Waals surface area contributed by atoms with Crippen molar-refractivity contribution >= 4 is 9.24 Å². The third kappa shape index (κ3) is 6.42. The maximum atomic E-state index is 9.01. The van der Waals surface area contributed by atoms with Crippen LogP contribution in [0.1, 0.15) is 45.4 Å². The molecule has 0 fully saturated rings. The monoisotopic (exact) mass is 206 g/mol. The van der Waals surface area contributed by atoms with Gasteiger partial charge in [-0.3, -0.25) is 0 Å². The zero-order valence-electron chi connectivity index (χ0n) is 8.63. The van der Waals surface area contributed by atoms with Crippen molar-refractivity contribution in [1.82, 2.24) is 0 Å². The molecule has 0 bridgehead atoms. The third-order valence-corrected chi connectivity index (χ3v) is 3.06. The van der Waals surface area contributed by atoms with Crippen LogP contribution in [-0.4, -0.2) is 28.6 Å². The molecule has 80 valence electrons. The highest BCUT2D eigenvalue weighted by Gasteiger charge is 2.21. The topological polar surface area (TPSA) is 40.5 Å². The predicted molar refractivity (Wildman–Crippen MR) is 60.0 cm³/mol. The molecule has 3 heteroatoms. The molecule has 0 aromatic rings. The lowest BCUT2D eigenvalue weighted by molar-refractivity contribution is 0.164. The van der Waals surface area contributed by atoms with Gasteiger partial charge in [0, 0.05) is 5.16 Å². The number of aliphatic hydroxyl groups is 2. The van der Waals surface area contributed by atoms with Crippen LogP contribution in [0.15, 0.2) is 0 Å². The van der Waals surface area contributed by atoms with E-state index in [1.807, 2.05) is 0 Å². The fraction of sp³-hybridized carbons (Fsp3) is 1.00. The average molecular weight is 206 g/mol. The van der Waals surface area contributed by atoms with Crippen LogP contribution in [-0.2, 0) is 0 Å². The van der Waals surface area contributed by atoms with E-state index >= 15 is 0 Å². The summed E-state index contributed by atoms with van der Waals surface area (Å²) < 4.78 is 0. The quantitative estimate of drug-likeness (QED) is 0.470. The van der Waals surface area contributed by atoms with Crippen molar-refractivity contribution in [1.29, 1.82) is 0 Å². The molecule has 0 spiro atoms. The molecule has 0 rings (SSSR count). The smallest absolute Gasteiger partial charge is 0.0543 e. The number of hydrogen-bond donors (Lipinski definition) is 2. The Balaban J connectivity index is 3.39. The van der Waals surface area contributed by atoms with E-state index in [0.717, 1.165) is 12.8 Å². The molecular formula is C10H23O2P. The second-order valence-electron chi connectivity index (χ2n) is 3.84. The standard InChI is InChI=1S/C10H23O2P/c1-2-3-4-5-6-7-10(13,8-11)9-12/h11-12H,2-9,13H2,1H3. The van der Waals surface area contributed by atoms with E-state index in [0.29, 0.717) is 0 Å². The number of rotatable bonds is 8. The van der Waals surface area contributed by atoms with E-state index < -0.39 is 0 Å². The van der Waals surface area contributed by atoms with E-state index in [-0.39, 0.29) is 18.4 Å². The van der Waals surface area contributed by atoms with Gasteiger partial charge in [0.25, 0.3) is 0 Å². The molecular weight excluding hydrogens is 183 g/mol. The Kier molecular flexibility index (Phi) is 7.93. The minimum atomic E-state index is -0.341. The molecule has 0 aromatic heterocycles. The summed E-state index contributed by atoms with van der Waals surface area (Å²) in [5, 5.41) is 17.7. The fourth-order valence-corrected chi connectivity index (χ4v) is 1.49. The van der Waals surface area contributed by atoms with Gasteiger partial charge < -0.3 is 10.2 Å². The van der Waals surface area contributed by atoms with Crippen molar-refractivity contribution in [3.63, 3.8) is 0 Å². The lowest BCUT2D eigenvalue weighted by atomic mass is 10.0. The second kappa shape index (κ2) is 7.73. The van der Waals surface area contributed by atoms with Gasteiger partial charge in [-0.25, -0.2) is 0 Å². The van der Waals surface area contributed by atoms with E-state index in [2.05, 4.69) is 16.2 Å². The highest BCUT2D eigenvalue weighted by Crippen LogP contribution is 2.24. The first-order chi connectivity index (χ1) is 6.18. The van der Waals surface area contributed by atoms with Crippen LogP contribution in [0.25, 0.3) is 0 Å². The van der Waals surface area contributed by atoms with Crippen LogP contribution in [0.5, 0.6) is 0 Å². The maximum absolute atomic E-state index is 9.01. The predicted octanol–water partition coefficient (Wildman–Crippen LogP) is 1.95. The Labute approximate surface area is 83.9 Å². The van der Waals surface area contributed by atoms with E-state index in [1.54, 1.807) is 0 Å². The molecule has 2 N–H and O–H groups in total. The Hall–Kier alpha value is 0.350. The van der Waals surface area contributed by atoms with E-state index in [9.17, 15) is 0 Å². The van der Waals surface area contributed by atoms with Gasteiger partial charge in [-0.15, -0.1) is 9.24 Å². The van der Waals surface area contributed by atoms with Gasteiger partial charge in [-0.2, -0.15) is 0 Å². The van der Waals surface area contributed by atoms with Crippen LogP contribution in [0, 0.1) is 0 Å². The molecule has 1 atom stereocenters. The number of unbranched alkanes of at least 4 members (excludes halogenated alkanes) is 4. The van der Waals surface area contributed by atoms with Crippen LogP contribution in [0.4, 0.5) is 0 Å². The lowest BCUT2D eigenvalue weighted by Gasteiger charge is -2.23. The number of hydrogen-bond acceptors (Lipinski definition) is 2. The van der Waals surface area contributed by atoms with Crippen LogP contribution in [0.2, 0.25) is 0 Å². The van der Waals surface area contributed by atoms with E-state index in [4.69, 9.17) is 10.2 Å². The van der Waals surface area contributed by atoms with Crippen molar-refractivity contribution in [3.8, 4) is 0 Å². The summed E-state index contributed by atoms with van der Waals surface area (Å²) in [5.74, 6) is 0. The molecule has 0 saturated heterocycles. The summed E-state index contributed by atoms with van der Waals surface area (Å²) in [4.78, 5) is 0. The summed E-state index contributed by atoms with van der Waals surface area (Å²) >= 11 is 0. The van der Waals surface area contributed by atoms with Crippen LogP contribution >= 0.6 is 9.24 Å². The fourth-order valence-electron chi connectivity index (χ4n) is 1.29. The molecule has 0 saturated carbocycles. The summed E-state index contributed by atoms with van der Waals surface area (Å²) in [5.41, 5.74) is 0. The SMILES string of the molecule is CCCCCCCC(P)(CO)CO. The Morgan fingerprint density at radius 3 is 2.00 bits per heavy atom. The van der Waals surface area contributed by atoms with Crippen molar-refractivity contribution in [2.75, 3.05) is 13.2 Å². The molecule has 0 aliphatic rings. The largest absolute Gasteiger partial charge is 0.395 e. The molecule has 13 heavy (non-hydrogen) atoms. The number of aliphatic hydroxyl groups excluding tert-OH is 2. The summed E-state index contributed by atoms with van der Waals surface area (Å²) in [6, 6.07) is 0. The van der Waals surface area contributed by atoms with Gasteiger partial charge >= 0.3 is 0 Å². The Morgan fingerprint density at radius 2 is 1.54 bits per heavy atom. The molecule has 0 aliphatic heterocycles. The summed E-state index contributed by atoms with van der Waals surface area (Å²) in [6.07, 6.45) is 7.03. The Morgan fingerprint density at radius 1 is 1.00 bits per heavy atom. The zero-order chi connectivity index (χ0) is 10.2. The first-order valence-corrected chi connectivity index (χ1v) is 5.77. The minimum Gasteiger partial charge on any atom is -0.395 e. The normalized spacial score (nSPS) is 12.0. The van der Waals surface area contributed by atoms with Gasteiger partial charge in [0.1, 0.15) is 0 Å². The third-order valence-electron chi connectivity index (χ3n) is 2.41. The van der Waals surface area contributed by atoms with Crippen molar-refractivity contribution in [2.45, 2.75) is 50.6 Å². The van der Waals surface area contributed by atoms with Crippen molar-refractivity contribution < 1.29 is 10.2 Å². The van der Waals surface area contributed by atoms with Gasteiger partial charge in [0.2, 0.25) is 0 Å². The maximum Gasteiger partial charge on any atom is 0.0543 e. The average Bonchev–Trinajstić information content (AvgIpc) is 2.17. The molecule has 0 radical (unpaired) electrons. The van der Waals surface area contributed by atoms with Gasteiger partial charge in [-0.1, -0.05) is 39.0 Å².